The van der Waals surface area contributed by atoms with Crippen LogP contribution in [0.1, 0.15) is 30.9 Å². The van der Waals surface area contributed by atoms with Crippen LogP contribution in [0, 0.1) is 0 Å². The third-order valence-corrected chi connectivity index (χ3v) is 6.20. The molecule has 0 amide bonds. The van der Waals surface area contributed by atoms with Crippen molar-refractivity contribution in [2.75, 3.05) is 26.2 Å². The van der Waals surface area contributed by atoms with E-state index in [0.29, 0.717) is 6.61 Å². The Balaban J connectivity index is 0.00000289. The van der Waals surface area contributed by atoms with E-state index in [0.717, 1.165) is 52.3 Å². The molecule has 0 aliphatic carbocycles. The highest BCUT2D eigenvalue weighted by Gasteiger charge is 2.28. The fraction of sp³-hybridized carbons (Fsp3) is 0.250. The number of ether oxygens (including phenoxy) is 1. The van der Waals surface area contributed by atoms with Crippen molar-refractivity contribution in [3.05, 3.63) is 96.1 Å². The molecule has 0 aliphatic rings. The lowest BCUT2D eigenvalue weighted by molar-refractivity contribution is -0.896. The van der Waals surface area contributed by atoms with E-state index in [9.17, 15) is 4.79 Å². The molecule has 0 aromatic heterocycles. The van der Waals surface area contributed by atoms with Crippen LogP contribution in [0.3, 0.4) is 0 Å². The molecule has 0 aliphatic heterocycles. The Hall–Kier alpha value is -2.88. The molecule has 0 spiro atoms. The van der Waals surface area contributed by atoms with Crippen LogP contribution in [0.4, 0.5) is 0 Å². The van der Waals surface area contributed by atoms with Gasteiger partial charge in [0.25, 0.3) is 0 Å². The molecule has 4 heteroatoms. The van der Waals surface area contributed by atoms with Gasteiger partial charge in [-0.2, -0.15) is 0 Å². The van der Waals surface area contributed by atoms with E-state index in [1.807, 2.05) is 36.4 Å². The molecular formula is C28H30ClNO2. The number of rotatable bonds is 8. The number of nitrogens with one attached hydrogen (secondary N) is 1. The predicted octanol–water partition coefficient (Wildman–Crippen LogP) is 1.60. The maximum atomic E-state index is 13.6. The first-order valence-corrected chi connectivity index (χ1v) is 11.2. The molecule has 166 valence electrons. The Labute approximate surface area is 196 Å². The largest absolute Gasteiger partial charge is 1.00 e. The summed E-state index contributed by atoms with van der Waals surface area (Å²) < 4.78 is 5.89. The number of carbonyl (C=O) groups excluding carboxylic acids is 1. The third kappa shape index (κ3) is 4.95. The van der Waals surface area contributed by atoms with E-state index in [1.165, 1.54) is 4.90 Å². The van der Waals surface area contributed by atoms with Crippen molar-refractivity contribution in [1.82, 2.24) is 0 Å². The van der Waals surface area contributed by atoms with E-state index < -0.39 is 5.92 Å². The number of likely N-dealkylation sites (N-methyl/N-ethyl adjacent to an activating group) is 1. The minimum Gasteiger partial charge on any atom is -1.00 e. The fourth-order valence-corrected chi connectivity index (χ4v) is 4.41. The zero-order valence-corrected chi connectivity index (χ0v) is 19.4. The van der Waals surface area contributed by atoms with E-state index in [-0.39, 0.29) is 18.4 Å². The molecule has 0 radical (unpaired) electrons. The van der Waals surface area contributed by atoms with Crippen molar-refractivity contribution in [2.45, 2.75) is 19.8 Å². The lowest BCUT2D eigenvalue weighted by Crippen LogP contribution is -3.11. The molecular weight excluding hydrogens is 418 g/mol. The van der Waals surface area contributed by atoms with Crippen molar-refractivity contribution in [2.24, 2.45) is 0 Å². The van der Waals surface area contributed by atoms with Crippen LogP contribution in [0.15, 0.2) is 84.9 Å². The van der Waals surface area contributed by atoms with Gasteiger partial charge >= 0.3 is 5.97 Å². The van der Waals surface area contributed by atoms with Gasteiger partial charge in [0.2, 0.25) is 0 Å². The van der Waals surface area contributed by atoms with Gasteiger partial charge in [-0.15, -0.1) is 0 Å². The Morgan fingerprint density at radius 1 is 0.750 bits per heavy atom. The summed E-state index contributed by atoms with van der Waals surface area (Å²) in [5, 5.41) is 4.44. The summed E-state index contributed by atoms with van der Waals surface area (Å²) in [5.41, 5.74) is 1.99. The van der Waals surface area contributed by atoms with Crippen molar-refractivity contribution < 1.29 is 26.8 Å². The summed E-state index contributed by atoms with van der Waals surface area (Å²) in [5.74, 6) is -0.650. The molecule has 0 saturated heterocycles. The summed E-state index contributed by atoms with van der Waals surface area (Å²) >= 11 is 0. The van der Waals surface area contributed by atoms with Crippen LogP contribution >= 0.6 is 0 Å². The van der Waals surface area contributed by atoms with Gasteiger partial charge in [-0.1, -0.05) is 84.9 Å². The molecule has 4 aromatic rings. The van der Waals surface area contributed by atoms with E-state index >= 15 is 0 Å². The first-order chi connectivity index (χ1) is 15.2. The van der Waals surface area contributed by atoms with Gasteiger partial charge in [0.15, 0.2) is 0 Å². The quantitative estimate of drug-likeness (QED) is 0.416. The average molecular weight is 448 g/mol. The van der Waals surface area contributed by atoms with Crippen LogP contribution in [0.25, 0.3) is 21.5 Å². The number of benzene rings is 4. The van der Waals surface area contributed by atoms with Gasteiger partial charge < -0.3 is 22.0 Å². The second-order valence-electron chi connectivity index (χ2n) is 7.94. The Morgan fingerprint density at radius 2 is 1.22 bits per heavy atom. The predicted molar refractivity (Wildman–Crippen MR) is 128 cm³/mol. The lowest BCUT2D eigenvalue weighted by atomic mass is 9.85. The van der Waals surface area contributed by atoms with E-state index in [1.54, 1.807) is 0 Å². The highest BCUT2D eigenvalue weighted by Crippen LogP contribution is 2.35. The zero-order chi connectivity index (χ0) is 21.6. The monoisotopic (exact) mass is 447 g/mol. The number of hydrogen-bond acceptors (Lipinski definition) is 2. The summed E-state index contributed by atoms with van der Waals surface area (Å²) in [7, 11) is 0. The maximum absolute atomic E-state index is 13.6. The van der Waals surface area contributed by atoms with Crippen molar-refractivity contribution in [3.63, 3.8) is 0 Å². The first-order valence-electron chi connectivity index (χ1n) is 11.2. The summed E-state index contributed by atoms with van der Waals surface area (Å²) in [6.07, 6.45) is 0. The van der Waals surface area contributed by atoms with E-state index in [2.05, 4.69) is 62.4 Å². The molecule has 32 heavy (non-hydrogen) atoms. The van der Waals surface area contributed by atoms with Crippen LogP contribution in [0.5, 0.6) is 0 Å². The van der Waals surface area contributed by atoms with Crippen LogP contribution in [-0.4, -0.2) is 32.2 Å². The molecule has 1 N–H and O–H groups in total. The highest BCUT2D eigenvalue weighted by atomic mass is 35.5. The molecule has 4 rings (SSSR count). The average Bonchev–Trinajstić information content (AvgIpc) is 2.82. The SMILES string of the molecule is CC[NH+](CC)CCOC(=O)C(c1cccc2ccccc12)c1cccc2ccccc12.[Cl-]. The normalized spacial score (nSPS) is 11.1. The van der Waals surface area contributed by atoms with Crippen molar-refractivity contribution in [1.29, 1.82) is 0 Å². The van der Waals surface area contributed by atoms with Crippen molar-refractivity contribution >= 4 is 27.5 Å². The molecule has 3 nitrogen and oxygen atoms in total. The summed E-state index contributed by atoms with van der Waals surface area (Å²) in [6, 6.07) is 28.9. The Bertz CT molecular complexity index is 1100. The summed E-state index contributed by atoms with van der Waals surface area (Å²) in [4.78, 5) is 15.0. The molecule has 0 unspecified atom stereocenters. The molecule has 0 heterocycles. The smallest absolute Gasteiger partial charge is 0.318 e. The van der Waals surface area contributed by atoms with Gasteiger partial charge in [0.1, 0.15) is 19.1 Å². The lowest BCUT2D eigenvalue weighted by Gasteiger charge is -2.21. The number of hydrogen-bond donors (Lipinski definition) is 1. The first kappa shape index (κ1) is 23.8. The van der Waals surface area contributed by atoms with Gasteiger partial charge in [0.05, 0.1) is 13.1 Å². The van der Waals surface area contributed by atoms with Crippen LogP contribution in [-0.2, 0) is 9.53 Å². The van der Waals surface area contributed by atoms with E-state index in [4.69, 9.17) is 4.74 Å². The van der Waals surface area contributed by atoms with Gasteiger partial charge in [-0.05, 0) is 46.5 Å². The number of quaternary nitrogens is 1. The Kier molecular flexibility index (Phi) is 8.26. The number of halogens is 1. The van der Waals surface area contributed by atoms with Gasteiger partial charge in [-0.3, -0.25) is 4.79 Å². The number of fused-ring (bicyclic) bond motifs is 2. The van der Waals surface area contributed by atoms with Gasteiger partial charge in [0, 0.05) is 0 Å². The van der Waals surface area contributed by atoms with Crippen molar-refractivity contribution in [3.8, 4) is 0 Å². The fourth-order valence-electron chi connectivity index (χ4n) is 4.41. The highest BCUT2D eigenvalue weighted by molar-refractivity contribution is 5.97. The minimum absolute atomic E-state index is 0. The second kappa shape index (κ2) is 11.1. The molecule has 0 bridgehead atoms. The second-order valence-corrected chi connectivity index (χ2v) is 7.94. The topological polar surface area (TPSA) is 30.7 Å². The van der Waals surface area contributed by atoms with Gasteiger partial charge in [-0.25, -0.2) is 0 Å². The third-order valence-electron chi connectivity index (χ3n) is 6.20. The van der Waals surface area contributed by atoms with Crippen LogP contribution in [0.2, 0.25) is 0 Å². The van der Waals surface area contributed by atoms with Crippen LogP contribution < -0.4 is 17.3 Å². The molecule has 0 saturated carbocycles. The standard InChI is InChI=1S/C28H29NO2.ClH/c1-3-29(4-2)19-20-31-28(30)27(25-17-9-13-21-11-5-7-15-23(21)25)26-18-10-14-22-12-6-8-16-24(22)26;/h5-18,27H,3-4,19-20H2,1-2H3;1H. The number of carbonyl (C=O) groups is 1. The molecule has 4 aromatic carbocycles. The molecule has 0 fully saturated rings. The summed E-state index contributed by atoms with van der Waals surface area (Å²) in [6.45, 7) is 7.65. The minimum atomic E-state index is -0.469. The number of esters is 1. The maximum Gasteiger partial charge on any atom is 0.318 e. The Morgan fingerprint density at radius 3 is 1.72 bits per heavy atom. The zero-order valence-electron chi connectivity index (χ0n) is 18.7. The molecule has 0 atom stereocenters.